The second kappa shape index (κ2) is 10.5. The molecule has 3 rings (SSSR count). The zero-order valence-corrected chi connectivity index (χ0v) is 19.8. The third-order valence-corrected chi connectivity index (χ3v) is 5.81. The van der Waals surface area contributed by atoms with Crippen LogP contribution in [-0.2, 0) is 6.54 Å². The van der Waals surface area contributed by atoms with Crippen molar-refractivity contribution >= 4 is 54.3 Å². The average Bonchev–Trinajstić information content (AvgIpc) is 3.16. The Morgan fingerprint density at radius 3 is 2.52 bits per heavy atom. The number of methoxy groups -OCH3 is 1. The van der Waals surface area contributed by atoms with Crippen molar-refractivity contribution in [3.05, 3.63) is 63.0 Å². The van der Waals surface area contributed by atoms with Gasteiger partial charge >= 0.3 is 0 Å². The molecule has 0 aliphatic heterocycles. The van der Waals surface area contributed by atoms with E-state index in [-0.39, 0.29) is 12.5 Å². The quantitative estimate of drug-likeness (QED) is 0.221. The number of ether oxygens (including phenoxy) is 1. The SMILES string of the molecule is [B]C(=O)NC(=NCc1cc(C)c(N)c(Cl)c1)NC(=O)c1c(-c2ccc(OC)cc2)nsc1C. The molecule has 11 heteroatoms. The summed E-state index contributed by atoms with van der Waals surface area (Å²) in [6, 6.07) is 10.7. The number of aromatic nitrogens is 1. The predicted molar refractivity (Wildman–Crippen MR) is 132 cm³/mol. The summed E-state index contributed by atoms with van der Waals surface area (Å²) in [5.41, 5.74) is 9.54. The summed E-state index contributed by atoms with van der Waals surface area (Å²) in [6.45, 7) is 3.74. The first-order valence-corrected chi connectivity index (χ1v) is 10.9. The van der Waals surface area contributed by atoms with E-state index in [1.165, 1.54) is 11.5 Å². The maximum absolute atomic E-state index is 13.1. The van der Waals surface area contributed by atoms with E-state index in [9.17, 15) is 9.59 Å². The number of guanidine groups is 1. The molecule has 2 radical (unpaired) electrons. The Morgan fingerprint density at radius 1 is 1.21 bits per heavy atom. The second-order valence-corrected chi connectivity index (χ2v) is 8.49. The molecule has 0 atom stereocenters. The van der Waals surface area contributed by atoms with Crippen LogP contribution in [0.25, 0.3) is 11.3 Å². The Balaban J connectivity index is 1.87. The number of nitrogens with zero attached hydrogens (tertiary/aromatic N) is 2. The molecule has 8 nitrogen and oxygen atoms in total. The lowest BCUT2D eigenvalue weighted by Gasteiger charge is -2.11. The van der Waals surface area contributed by atoms with Crippen molar-refractivity contribution < 1.29 is 14.3 Å². The molecule has 0 spiro atoms. The Morgan fingerprint density at radius 2 is 1.91 bits per heavy atom. The number of halogens is 1. The van der Waals surface area contributed by atoms with Gasteiger partial charge in [0.15, 0.2) is 5.81 Å². The Labute approximate surface area is 201 Å². The highest BCUT2D eigenvalue weighted by molar-refractivity contribution is 7.06. The Hall–Kier alpha value is -3.37. The zero-order chi connectivity index (χ0) is 24.1. The number of anilines is 1. The van der Waals surface area contributed by atoms with Crippen molar-refractivity contribution in [1.29, 1.82) is 0 Å². The van der Waals surface area contributed by atoms with Gasteiger partial charge in [0.25, 0.3) is 5.91 Å². The van der Waals surface area contributed by atoms with Gasteiger partial charge in [-0.25, -0.2) is 4.99 Å². The molecule has 0 unspecified atom stereocenters. The van der Waals surface area contributed by atoms with Gasteiger partial charge in [0.2, 0.25) is 13.8 Å². The molecule has 1 heterocycles. The smallest absolute Gasteiger partial charge is 0.261 e. The van der Waals surface area contributed by atoms with E-state index in [2.05, 4.69) is 20.0 Å². The fourth-order valence-electron chi connectivity index (χ4n) is 3.07. The number of nitrogens with one attached hydrogen (secondary N) is 2. The van der Waals surface area contributed by atoms with Crippen molar-refractivity contribution in [1.82, 2.24) is 15.0 Å². The van der Waals surface area contributed by atoms with Crippen LogP contribution in [0.5, 0.6) is 5.75 Å². The van der Waals surface area contributed by atoms with Crippen LogP contribution in [0.2, 0.25) is 5.02 Å². The highest BCUT2D eigenvalue weighted by atomic mass is 35.5. The van der Waals surface area contributed by atoms with Gasteiger partial charge in [0, 0.05) is 10.4 Å². The number of nitrogens with two attached hydrogens (primary N) is 1. The summed E-state index contributed by atoms with van der Waals surface area (Å²) in [5.74, 6) is -0.749. The number of nitrogen functional groups attached to an aromatic ring is 1. The number of carbonyl (C=O) groups excluding carboxylic acids is 2. The normalized spacial score (nSPS) is 11.2. The third kappa shape index (κ3) is 5.91. The van der Waals surface area contributed by atoms with Crippen LogP contribution < -0.4 is 21.1 Å². The summed E-state index contributed by atoms with van der Waals surface area (Å²) in [4.78, 5) is 29.6. The van der Waals surface area contributed by atoms with Crippen LogP contribution in [0.4, 0.5) is 10.5 Å². The fourth-order valence-corrected chi connectivity index (χ4v) is 4.07. The highest BCUT2D eigenvalue weighted by Gasteiger charge is 2.21. The summed E-state index contributed by atoms with van der Waals surface area (Å²) in [6.07, 6.45) is 0. The average molecular weight is 482 g/mol. The molecule has 0 saturated heterocycles. The maximum atomic E-state index is 13.1. The number of aliphatic imine (C=N–C) groups is 1. The zero-order valence-electron chi connectivity index (χ0n) is 18.2. The molecule has 0 saturated carbocycles. The van der Waals surface area contributed by atoms with E-state index in [1.54, 1.807) is 32.2 Å². The van der Waals surface area contributed by atoms with Crippen molar-refractivity contribution in [2.24, 2.45) is 4.99 Å². The first-order chi connectivity index (χ1) is 15.7. The molecule has 2 amide bonds. The van der Waals surface area contributed by atoms with Gasteiger partial charge in [0.1, 0.15) is 5.75 Å². The van der Waals surface area contributed by atoms with E-state index in [1.807, 2.05) is 25.1 Å². The monoisotopic (exact) mass is 481 g/mol. The number of carbonyl (C=O) groups is 2. The summed E-state index contributed by atoms with van der Waals surface area (Å²) in [5, 5.41) is 5.36. The van der Waals surface area contributed by atoms with Gasteiger partial charge in [-0.15, -0.1) is 0 Å². The van der Waals surface area contributed by atoms with E-state index < -0.39 is 11.7 Å². The van der Waals surface area contributed by atoms with Gasteiger partial charge in [-0.2, -0.15) is 4.37 Å². The van der Waals surface area contributed by atoms with E-state index in [0.29, 0.717) is 32.6 Å². The maximum Gasteiger partial charge on any atom is 0.261 e. The first kappa shape index (κ1) is 24.3. The van der Waals surface area contributed by atoms with E-state index >= 15 is 0 Å². The minimum absolute atomic E-state index is 0.0932. The van der Waals surface area contributed by atoms with Crippen LogP contribution in [0, 0.1) is 13.8 Å². The highest BCUT2D eigenvalue weighted by Crippen LogP contribution is 2.29. The van der Waals surface area contributed by atoms with Gasteiger partial charge in [0.05, 0.1) is 35.6 Å². The second-order valence-electron chi connectivity index (χ2n) is 7.11. The van der Waals surface area contributed by atoms with E-state index in [4.69, 9.17) is 29.9 Å². The standard InChI is InChI=1S/C22H21BClN5O3S/c1-11-8-13(9-16(24)18(11)25)10-26-22(28-21(23)31)27-20(30)17-12(2)33-29-19(17)14-4-6-15(32-3)7-5-14/h4-9H,10,25H2,1-3H3,(H2,26,27,28,30,31). The lowest BCUT2D eigenvalue weighted by atomic mass is 10.1. The van der Waals surface area contributed by atoms with Crippen LogP contribution in [0.15, 0.2) is 41.4 Å². The van der Waals surface area contributed by atoms with Crippen molar-refractivity contribution in [2.75, 3.05) is 12.8 Å². The number of amides is 2. The fraction of sp³-hybridized carbons (Fsp3) is 0.182. The molecule has 168 valence electrons. The van der Waals surface area contributed by atoms with Crippen molar-refractivity contribution in [2.45, 2.75) is 20.4 Å². The molecule has 33 heavy (non-hydrogen) atoms. The molecule has 0 aliphatic rings. The number of hydrogen-bond donors (Lipinski definition) is 3. The minimum atomic E-state index is -0.865. The molecule has 2 aromatic carbocycles. The van der Waals surface area contributed by atoms with Gasteiger partial charge in [-0.05, 0) is 66.8 Å². The van der Waals surface area contributed by atoms with Crippen LogP contribution in [0.3, 0.4) is 0 Å². The largest absolute Gasteiger partial charge is 0.497 e. The van der Waals surface area contributed by atoms with Crippen LogP contribution in [-0.4, -0.2) is 37.0 Å². The molecular weight excluding hydrogens is 461 g/mol. The topological polar surface area (TPSA) is 119 Å². The van der Waals surface area contributed by atoms with E-state index in [0.717, 1.165) is 16.7 Å². The third-order valence-electron chi connectivity index (χ3n) is 4.74. The molecule has 0 bridgehead atoms. The molecular formula is C22H21BClN5O3S. The number of benzene rings is 2. The summed E-state index contributed by atoms with van der Waals surface area (Å²) in [7, 11) is 6.84. The Bertz CT molecular complexity index is 1200. The van der Waals surface area contributed by atoms with Gasteiger partial charge in [-0.3, -0.25) is 14.9 Å². The lowest BCUT2D eigenvalue weighted by molar-refractivity contribution is 0.0976. The van der Waals surface area contributed by atoms with Crippen LogP contribution in [0.1, 0.15) is 26.4 Å². The van der Waals surface area contributed by atoms with Crippen molar-refractivity contribution in [3.8, 4) is 17.0 Å². The molecule has 3 aromatic rings. The van der Waals surface area contributed by atoms with Crippen LogP contribution >= 0.6 is 23.1 Å². The van der Waals surface area contributed by atoms with Gasteiger partial charge in [-0.1, -0.05) is 17.7 Å². The summed E-state index contributed by atoms with van der Waals surface area (Å²) < 4.78 is 9.60. The van der Waals surface area contributed by atoms with Gasteiger partial charge < -0.3 is 15.8 Å². The Kier molecular flexibility index (Phi) is 7.73. The minimum Gasteiger partial charge on any atom is -0.497 e. The number of rotatable bonds is 5. The molecule has 0 fully saturated rings. The first-order valence-electron chi connectivity index (χ1n) is 9.77. The number of hydrogen-bond acceptors (Lipinski definition) is 7. The predicted octanol–water partition coefficient (Wildman–Crippen LogP) is 3.84. The van der Waals surface area contributed by atoms with Crippen molar-refractivity contribution in [3.63, 3.8) is 0 Å². The lowest BCUT2D eigenvalue weighted by Crippen LogP contribution is -2.43. The summed E-state index contributed by atoms with van der Waals surface area (Å²) >= 11 is 7.34. The molecule has 4 N–H and O–H groups in total. The number of aryl methyl sites for hydroxylation is 2. The molecule has 0 aliphatic carbocycles. The molecule has 1 aromatic heterocycles.